The van der Waals surface area contributed by atoms with Gasteiger partial charge >= 0.3 is 0 Å². The van der Waals surface area contributed by atoms with E-state index in [9.17, 15) is 9.59 Å². The number of carbonyl (C=O) groups excluding carboxylic acids is 2. The third kappa shape index (κ3) is 3.79. The minimum atomic E-state index is -0.519. The number of para-hydroxylation sites is 1. The Bertz CT molecular complexity index is 443. The van der Waals surface area contributed by atoms with Crippen molar-refractivity contribution in [3.8, 4) is 5.75 Å². The summed E-state index contributed by atoms with van der Waals surface area (Å²) in [5.74, 6) is -1.04. The molecule has 0 aromatic heterocycles. The van der Waals surface area contributed by atoms with E-state index < -0.39 is 11.5 Å². The lowest BCUT2D eigenvalue weighted by molar-refractivity contribution is -0.116. The smallest absolute Gasteiger partial charge is 0.220 e. The van der Waals surface area contributed by atoms with Gasteiger partial charge in [-0.15, -0.1) is 0 Å². The standard InChI is InChI=1S/C6H4O3.C6H6O/c7-4-1-2-5(8)6(9)3-4;7-6-4-2-1-3-5-6/h1-3,9H;1-5,7H. The first-order valence-corrected chi connectivity index (χ1v) is 4.50. The van der Waals surface area contributed by atoms with Gasteiger partial charge in [-0.1, -0.05) is 18.2 Å². The fourth-order valence-corrected chi connectivity index (χ4v) is 0.925. The molecule has 2 rings (SSSR count). The van der Waals surface area contributed by atoms with Gasteiger partial charge in [-0.05, 0) is 24.3 Å². The molecule has 2 N–H and O–H groups in total. The van der Waals surface area contributed by atoms with Gasteiger partial charge in [0, 0.05) is 6.08 Å². The highest BCUT2D eigenvalue weighted by Crippen LogP contribution is 2.02. The number of phenolic OH excluding ortho intramolecular Hbond substituents is 1. The third-order valence-corrected chi connectivity index (χ3v) is 1.69. The number of allylic oxidation sites excluding steroid dienone is 3. The fourth-order valence-electron chi connectivity index (χ4n) is 0.925. The summed E-state index contributed by atoms with van der Waals surface area (Å²) in [5, 5.41) is 17.2. The lowest BCUT2D eigenvalue weighted by Crippen LogP contribution is -2.05. The van der Waals surface area contributed by atoms with Crippen molar-refractivity contribution in [2.45, 2.75) is 0 Å². The Morgan fingerprint density at radius 2 is 1.50 bits per heavy atom. The first-order chi connectivity index (χ1) is 7.59. The second-order valence-corrected chi connectivity index (χ2v) is 2.97. The molecule has 0 unspecified atom stereocenters. The average Bonchev–Trinajstić information content (AvgIpc) is 2.26. The Balaban J connectivity index is 0.000000165. The summed E-state index contributed by atoms with van der Waals surface area (Å²) < 4.78 is 0. The first-order valence-electron chi connectivity index (χ1n) is 4.50. The summed E-state index contributed by atoms with van der Waals surface area (Å²) in [6, 6.07) is 8.71. The number of aliphatic hydroxyl groups is 1. The predicted octanol–water partition coefficient (Wildman–Crippen LogP) is 1.53. The van der Waals surface area contributed by atoms with Gasteiger partial charge in [0.25, 0.3) is 0 Å². The average molecular weight is 218 g/mol. The SMILES string of the molecule is O=C1C=CC(=O)C(O)=C1.Oc1ccccc1. The lowest BCUT2D eigenvalue weighted by Gasteiger charge is -1.95. The van der Waals surface area contributed by atoms with Crippen molar-refractivity contribution in [1.29, 1.82) is 0 Å². The van der Waals surface area contributed by atoms with Crippen LogP contribution < -0.4 is 0 Å². The van der Waals surface area contributed by atoms with Crippen molar-refractivity contribution >= 4 is 11.6 Å². The van der Waals surface area contributed by atoms with Gasteiger partial charge in [0.15, 0.2) is 11.5 Å². The molecule has 0 fully saturated rings. The van der Waals surface area contributed by atoms with E-state index in [1.54, 1.807) is 24.3 Å². The highest BCUT2D eigenvalue weighted by atomic mass is 16.3. The van der Waals surface area contributed by atoms with Gasteiger partial charge in [-0.25, -0.2) is 0 Å². The summed E-state index contributed by atoms with van der Waals surface area (Å²) >= 11 is 0. The number of benzene rings is 1. The normalized spacial score (nSPS) is 13.9. The second-order valence-electron chi connectivity index (χ2n) is 2.97. The molecule has 0 saturated carbocycles. The number of aliphatic hydroxyl groups excluding tert-OH is 1. The summed E-state index contributed by atoms with van der Waals surface area (Å²) in [5.41, 5.74) is 0. The van der Waals surface area contributed by atoms with Gasteiger partial charge in [-0.3, -0.25) is 9.59 Å². The molecule has 0 saturated heterocycles. The van der Waals surface area contributed by atoms with Crippen LogP contribution in [0.15, 0.2) is 54.3 Å². The Labute approximate surface area is 92.2 Å². The molecule has 0 radical (unpaired) electrons. The van der Waals surface area contributed by atoms with Crippen LogP contribution in [0, 0.1) is 0 Å². The topological polar surface area (TPSA) is 74.6 Å². The first kappa shape index (κ1) is 11.7. The van der Waals surface area contributed by atoms with Crippen LogP contribution in [0.4, 0.5) is 0 Å². The largest absolute Gasteiger partial charge is 0.508 e. The second kappa shape index (κ2) is 5.50. The maximum Gasteiger partial charge on any atom is 0.220 e. The van der Waals surface area contributed by atoms with Crippen LogP contribution in [0.25, 0.3) is 0 Å². The Kier molecular flexibility index (Phi) is 4.03. The summed E-state index contributed by atoms with van der Waals surface area (Å²) in [6.45, 7) is 0. The zero-order valence-corrected chi connectivity index (χ0v) is 8.33. The molecule has 16 heavy (non-hydrogen) atoms. The van der Waals surface area contributed by atoms with E-state index in [1.807, 2.05) is 6.07 Å². The molecule has 4 nitrogen and oxygen atoms in total. The maximum atomic E-state index is 10.4. The molecule has 82 valence electrons. The van der Waals surface area contributed by atoms with Crippen LogP contribution in [0.5, 0.6) is 5.75 Å². The van der Waals surface area contributed by atoms with E-state index in [1.165, 1.54) is 0 Å². The quantitative estimate of drug-likeness (QED) is 0.647. The number of phenols is 1. The zero-order valence-electron chi connectivity index (χ0n) is 8.33. The maximum absolute atomic E-state index is 10.4. The Hall–Kier alpha value is -2.36. The molecule has 1 aliphatic carbocycles. The van der Waals surface area contributed by atoms with Crippen LogP contribution >= 0.6 is 0 Å². The minimum absolute atomic E-state index is 0.322. The van der Waals surface area contributed by atoms with Gasteiger partial charge < -0.3 is 10.2 Å². The molecule has 1 aromatic carbocycles. The molecule has 4 heteroatoms. The van der Waals surface area contributed by atoms with E-state index in [0.717, 1.165) is 18.2 Å². The zero-order chi connectivity index (χ0) is 12.0. The number of hydrogen-bond donors (Lipinski definition) is 2. The molecule has 0 atom stereocenters. The van der Waals surface area contributed by atoms with E-state index in [-0.39, 0.29) is 5.78 Å². The van der Waals surface area contributed by atoms with Gasteiger partial charge in [0.05, 0.1) is 0 Å². The Morgan fingerprint density at radius 3 is 1.88 bits per heavy atom. The predicted molar refractivity (Wildman–Crippen MR) is 58.0 cm³/mol. The number of hydrogen-bond acceptors (Lipinski definition) is 4. The molecular weight excluding hydrogens is 208 g/mol. The molecule has 1 aliphatic rings. The van der Waals surface area contributed by atoms with Crippen LogP contribution in [0.1, 0.15) is 0 Å². The van der Waals surface area contributed by atoms with Gasteiger partial charge in [0.1, 0.15) is 5.75 Å². The van der Waals surface area contributed by atoms with Crippen molar-refractivity contribution in [3.63, 3.8) is 0 Å². The van der Waals surface area contributed by atoms with E-state index in [2.05, 4.69) is 0 Å². The van der Waals surface area contributed by atoms with Gasteiger partial charge in [-0.2, -0.15) is 0 Å². The summed E-state index contributed by atoms with van der Waals surface area (Å²) in [4.78, 5) is 20.7. The van der Waals surface area contributed by atoms with Crippen molar-refractivity contribution in [2.75, 3.05) is 0 Å². The highest BCUT2D eigenvalue weighted by Gasteiger charge is 2.09. The molecule has 0 amide bonds. The monoisotopic (exact) mass is 218 g/mol. The number of rotatable bonds is 0. The molecule has 1 aromatic rings. The van der Waals surface area contributed by atoms with Crippen LogP contribution in [0.3, 0.4) is 0 Å². The number of aromatic hydroxyl groups is 1. The van der Waals surface area contributed by atoms with Crippen molar-refractivity contribution in [1.82, 2.24) is 0 Å². The fraction of sp³-hybridized carbons (Fsp3) is 0. The molecule has 0 bridgehead atoms. The van der Waals surface area contributed by atoms with Crippen molar-refractivity contribution in [3.05, 3.63) is 54.3 Å². The number of carbonyl (C=O) groups is 2. The van der Waals surface area contributed by atoms with Crippen LogP contribution in [-0.2, 0) is 9.59 Å². The minimum Gasteiger partial charge on any atom is -0.508 e. The van der Waals surface area contributed by atoms with E-state index in [4.69, 9.17) is 10.2 Å². The summed E-state index contributed by atoms with van der Waals surface area (Å²) in [7, 11) is 0. The third-order valence-electron chi connectivity index (χ3n) is 1.69. The van der Waals surface area contributed by atoms with Gasteiger partial charge in [0.2, 0.25) is 5.78 Å². The summed E-state index contributed by atoms with van der Waals surface area (Å²) in [6.07, 6.45) is 3.04. The van der Waals surface area contributed by atoms with Crippen LogP contribution in [-0.4, -0.2) is 21.8 Å². The molecule has 0 aliphatic heterocycles. The molecule has 0 spiro atoms. The van der Waals surface area contributed by atoms with E-state index >= 15 is 0 Å². The van der Waals surface area contributed by atoms with Crippen molar-refractivity contribution in [2.24, 2.45) is 0 Å². The lowest BCUT2D eigenvalue weighted by atomic mass is 10.1. The molecular formula is C12H10O4. The Morgan fingerprint density at radius 1 is 0.875 bits per heavy atom. The number of ketones is 2. The molecule has 0 heterocycles. The highest BCUT2D eigenvalue weighted by molar-refractivity contribution is 6.15. The van der Waals surface area contributed by atoms with Crippen LogP contribution in [0.2, 0.25) is 0 Å². The van der Waals surface area contributed by atoms with E-state index in [0.29, 0.717) is 5.75 Å². The van der Waals surface area contributed by atoms with Crippen molar-refractivity contribution < 1.29 is 19.8 Å².